The van der Waals surface area contributed by atoms with Crippen LogP contribution >= 0.6 is 11.6 Å². The van der Waals surface area contributed by atoms with Gasteiger partial charge < -0.3 is 14.8 Å². The summed E-state index contributed by atoms with van der Waals surface area (Å²) >= 11 is 6.14. The number of pyridine rings is 1. The molecule has 20 heavy (non-hydrogen) atoms. The highest BCUT2D eigenvalue weighted by atomic mass is 35.5. The minimum atomic E-state index is 0.197. The molecule has 0 aromatic carbocycles. The summed E-state index contributed by atoms with van der Waals surface area (Å²) < 4.78 is 11.4. The fourth-order valence-electron chi connectivity index (χ4n) is 2.19. The van der Waals surface area contributed by atoms with E-state index in [1.165, 1.54) is 6.42 Å². The summed E-state index contributed by atoms with van der Waals surface area (Å²) in [4.78, 5) is 4.21. The van der Waals surface area contributed by atoms with Gasteiger partial charge in [0.25, 0.3) is 0 Å². The van der Waals surface area contributed by atoms with E-state index in [1.54, 1.807) is 6.20 Å². The van der Waals surface area contributed by atoms with Gasteiger partial charge in [-0.2, -0.15) is 0 Å². The second kappa shape index (κ2) is 8.45. The quantitative estimate of drug-likeness (QED) is 0.785. The zero-order valence-corrected chi connectivity index (χ0v) is 12.8. The molecule has 1 aromatic heterocycles. The van der Waals surface area contributed by atoms with Crippen LogP contribution in [0.2, 0.25) is 5.02 Å². The largest absolute Gasteiger partial charge is 0.475 e. The highest BCUT2D eigenvalue weighted by molar-refractivity contribution is 6.31. The Hall–Kier alpha value is -0.840. The number of aromatic nitrogens is 1. The predicted molar refractivity (Wildman–Crippen MR) is 80.3 cm³/mol. The van der Waals surface area contributed by atoms with Crippen molar-refractivity contribution in [3.8, 4) is 5.88 Å². The van der Waals surface area contributed by atoms with E-state index in [-0.39, 0.29) is 6.10 Å². The maximum atomic E-state index is 6.14. The SMILES string of the molecule is CCCNCc1cc(OCC2CCCCO2)ncc1Cl. The Kier molecular flexibility index (Phi) is 6.57. The monoisotopic (exact) mass is 298 g/mol. The zero-order chi connectivity index (χ0) is 14.2. The fourth-order valence-corrected chi connectivity index (χ4v) is 2.36. The summed E-state index contributed by atoms with van der Waals surface area (Å²) in [6, 6.07) is 1.91. The second-order valence-electron chi connectivity index (χ2n) is 5.09. The molecule has 0 radical (unpaired) electrons. The van der Waals surface area contributed by atoms with Gasteiger partial charge in [0.1, 0.15) is 6.61 Å². The third-order valence-corrected chi connectivity index (χ3v) is 3.68. The molecule has 1 aliphatic heterocycles. The van der Waals surface area contributed by atoms with Gasteiger partial charge in [0.15, 0.2) is 0 Å². The zero-order valence-electron chi connectivity index (χ0n) is 12.0. The molecule has 5 heteroatoms. The van der Waals surface area contributed by atoms with Gasteiger partial charge >= 0.3 is 0 Å². The van der Waals surface area contributed by atoms with Gasteiger partial charge in [0, 0.05) is 25.4 Å². The molecule has 1 atom stereocenters. The number of halogens is 1. The Labute approximate surface area is 125 Å². The van der Waals surface area contributed by atoms with Gasteiger partial charge in [0.05, 0.1) is 11.1 Å². The van der Waals surface area contributed by atoms with Crippen molar-refractivity contribution in [2.24, 2.45) is 0 Å². The van der Waals surface area contributed by atoms with Gasteiger partial charge in [0.2, 0.25) is 5.88 Å². The Morgan fingerprint density at radius 3 is 3.15 bits per heavy atom. The molecule has 1 aliphatic rings. The van der Waals surface area contributed by atoms with Crippen LogP contribution in [0.3, 0.4) is 0 Å². The molecule has 0 spiro atoms. The van der Waals surface area contributed by atoms with Crippen molar-refractivity contribution in [1.29, 1.82) is 0 Å². The van der Waals surface area contributed by atoms with Crippen LogP contribution in [0.5, 0.6) is 5.88 Å². The normalized spacial score (nSPS) is 19.0. The topological polar surface area (TPSA) is 43.4 Å². The van der Waals surface area contributed by atoms with Crippen LogP contribution < -0.4 is 10.1 Å². The molecule has 0 amide bonds. The number of nitrogens with one attached hydrogen (secondary N) is 1. The first-order valence-corrected chi connectivity index (χ1v) is 7.77. The molecule has 0 aliphatic carbocycles. The average molecular weight is 299 g/mol. The molecule has 1 fully saturated rings. The lowest BCUT2D eigenvalue weighted by Gasteiger charge is -2.22. The molecule has 4 nitrogen and oxygen atoms in total. The molecule has 1 unspecified atom stereocenters. The van der Waals surface area contributed by atoms with Crippen LogP contribution in [-0.4, -0.2) is 30.8 Å². The molecule has 1 aromatic rings. The summed E-state index contributed by atoms with van der Waals surface area (Å²) in [6.07, 6.45) is 6.39. The summed E-state index contributed by atoms with van der Waals surface area (Å²) in [5.41, 5.74) is 1.02. The van der Waals surface area contributed by atoms with Crippen LogP contribution in [0.15, 0.2) is 12.3 Å². The summed E-state index contributed by atoms with van der Waals surface area (Å²) in [5, 5.41) is 4.01. The van der Waals surface area contributed by atoms with E-state index in [2.05, 4.69) is 17.2 Å². The Morgan fingerprint density at radius 2 is 2.40 bits per heavy atom. The lowest BCUT2D eigenvalue weighted by molar-refractivity contribution is -0.0119. The Bertz CT molecular complexity index is 409. The lowest BCUT2D eigenvalue weighted by atomic mass is 10.1. The summed E-state index contributed by atoms with van der Waals surface area (Å²) in [6.45, 7) is 5.26. The van der Waals surface area contributed by atoms with E-state index in [0.29, 0.717) is 17.5 Å². The smallest absolute Gasteiger partial charge is 0.213 e. The Morgan fingerprint density at radius 1 is 1.50 bits per heavy atom. The highest BCUT2D eigenvalue weighted by Crippen LogP contribution is 2.20. The fraction of sp³-hybridized carbons (Fsp3) is 0.667. The van der Waals surface area contributed by atoms with Crippen LogP contribution in [-0.2, 0) is 11.3 Å². The molecule has 0 saturated carbocycles. The van der Waals surface area contributed by atoms with E-state index in [0.717, 1.165) is 44.5 Å². The minimum absolute atomic E-state index is 0.197. The number of nitrogens with zero attached hydrogens (tertiary/aromatic N) is 1. The van der Waals surface area contributed by atoms with Crippen molar-refractivity contribution in [2.75, 3.05) is 19.8 Å². The van der Waals surface area contributed by atoms with Gasteiger partial charge in [-0.15, -0.1) is 0 Å². The van der Waals surface area contributed by atoms with E-state index < -0.39 is 0 Å². The van der Waals surface area contributed by atoms with Crippen LogP contribution in [0.4, 0.5) is 0 Å². The average Bonchev–Trinajstić information content (AvgIpc) is 2.49. The van der Waals surface area contributed by atoms with Crippen molar-refractivity contribution in [2.45, 2.75) is 45.3 Å². The van der Waals surface area contributed by atoms with Crippen molar-refractivity contribution in [1.82, 2.24) is 10.3 Å². The standard InChI is InChI=1S/C15H23ClN2O2/c1-2-6-17-9-12-8-15(18-10-14(12)16)20-11-13-5-3-4-7-19-13/h8,10,13,17H,2-7,9,11H2,1H3. The maximum absolute atomic E-state index is 6.14. The third-order valence-electron chi connectivity index (χ3n) is 3.34. The molecule has 2 heterocycles. The van der Waals surface area contributed by atoms with Crippen molar-refractivity contribution >= 4 is 11.6 Å². The lowest BCUT2D eigenvalue weighted by Crippen LogP contribution is -2.26. The van der Waals surface area contributed by atoms with Crippen molar-refractivity contribution in [3.63, 3.8) is 0 Å². The van der Waals surface area contributed by atoms with E-state index in [1.807, 2.05) is 6.07 Å². The van der Waals surface area contributed by atoms with E-state index in [4.69, 9.17) is 21.1 Å². The molecule has 1 N–H and O–H groups in total. The molecular formula is C15H23ClN2O2. The highest BCUT2D eigenvalue weighted by Gasteiger charge is 2.15. The van der Waals surface area contributed by atoms with Crippen LogP contribution in [0.1, 0.15) is 38.2 Å². The number of ether oxygens (including phenoxy) is 2. The van der Waals surface area contributed by atoms with E-state index in [9.17, 15) is 0 Å². The first-order valence-electron chi connectivity index (χ1n) is 7.39. The molecule has 1 saturated heterocycles. The number of hydrogen-bond donors (Lipinski definition) is 1. The van der Waals surface area contributed by atoms with E-state index >= 15 is 0 Å². The first-order chi connectivity index (χ1) is 9.79. The minimum Gasteiger partial charge on any atom is -0.475 e. The van der Waals surface area contributed by atoms with Gasteiger partial charge in [-0.1, -0.05) is 18.5 Å². The maximum Gasteiger partial charge on any atom is 0.213 e. The number of hydrogen-bond acceptors (Lipinski definition) is 4. The van der Waals surface area contributed by atoms with Gasteiger partial charge in [-0.05, 0) is 37.8 Å². The van der Waals surface area contributed by atoms with Gasteiger partial charge in [-0.3, -0.25) is 0 Å². The first kappa shape index (κ1) is 15.5. The Balaban J connectivity index is 1.85. The summed E-state index contributed by atoms with van der Waals surface area (Å²) in [5.74, 6) is 0.622. The van der Waals surface area contributed by atoms with Crippen molar-refractivity contribution < 1.29 is 9.47 Å². The van der Waals surface area contributed by atoms with Crippen LogP contribution in [0, 0.1) is 0 Å². The van der Waals surface area contributed by atoms with Gasteiger partial charge in [-0.25, -0.2) is 4.98 Å². The molecule has 2 rings (SSSR count). The van der Waals surface area contributed by atoms with Crippen molar-refractivity contribution in [3.05, 3.63) is 22.8 Å². The molecular weight excluding hydrogens is 276 g/mol. The predicted octanol–water partition coefficient (Wildman–Crippen LogP) is 3.18. The molecule has 0 bridgehead atoms. The number of rotatable bonds is 7. The third kappa shape index (κ3) is 4.93. The second-order valence-corrected chi connectivity index (χ2v) is 5.50. The molecule has 112 valence electrons. The summed E-state index contributed by atoms with van der Waals surface area (Å²) in [7, 11) is 0. The van der Waals surface area contributed by atoms with Crippen LogP contribution in [0.25, 0.3) is 0 Å².